The lowest BCUT2D eigenvalue weighted by molar-refractivity contribution is 0.282. The summed E-state index contributed by atoms with van der Waals surface area (Å²) in [7, 11) is 0. The molecule has 4 atom stereocenters. The standard InChI is InChI=1S/C36H30N4O/c1-38-22-39(36-31-21-30(35(36)38)26-11-2-3-12-27(26)31)23-9-8-10-24(19-23)41-25-16-17-29-28-13-4-5-14-32(28)40(33(29)20-25)34-15-6-7-18-37-34/h2-20,30-31,35-36H,21-22H2,1H3/t30-,31+,35?,36?/m0/s1/i1D3. The number of ether oxygens (including phenoxy) is 1. The molecule has 0 radical (unpaired) electrons. The molecule has 4 aromatic carbocycles. The molecule has 1 saturated heterocycles. The smallest absolute Gasteiger partial charge is 0.137 e. The third kappa shape index (κ3) is 3.36. The van der Waals surface area contributed by atoms with E-state index in [-0.39, 0.29) is 18.0 Å². The van der Waals surface area contributed by atoms with Crippen molar-refractivity contribution in [2.75, 3.05) is 18.5 Å². The predicted octanol–water partition coefficient (Wildman–Crippen LogP) is 7.70. The van der Waals surface area contributed by atoms with E-state index in [0.29, 0.717) is 12.6 Å². The molecule has 9 rings (SSSR count). The van der Waals surface area contributed by atoms with E-state index in [2.05, 4.69) is 87.2 Å². The average molecular weight is 538 g/mol. The normalized spacial score (nSPS) is 24.3. The molecule has 2 bridgehead atoms. The van der Waals surface area contributed by atoms with Crippen LogP contribution in [0.3, 0.4) is 0 Å². The van der Waals surface area contributed by atoms with Gasteiger partial charge in [-0.2, -0.15) is 0 Å². The molecule has 0 spiro atoms. The first kappa shape index (κ1) is 20.3. The first-order chi connectivity index (χ1) is 21.5. The molecule has 200 valence electrons. The van der Waals surface area contributed by atoms with Gasteiger partial charge in [0.1, 0.15) is 17.3 Å². The Bertz CT molecular complexity index is 2060. The van der Waals surface area contributed by atoms with E-state index in [1.807, 2.05) is 42.6 Å². The molecule has 1 aliphatic heterocycles. The van der Waals surface area contributed by atoms with Gasteiger partial charge >= 0.3 is 0 Å². The lowest BCUT2D eigenvalue weighted by Gasteiger charge is -2.34. The van der Waals surface area contributed by atoms with Gasteiger partial charge in [0.15, 0.2) is 0 Å². The van der Waals surface area contributed by atoms with Crippen molar-refractivity contribution < 1.29 is 8.85 Å². The summed E-state index contributed by atoms with van der Waals surface area (Å²) in [5.41, 5.74) is 5.80. The number of anilines is 1. The minimum atomic E-state index is -2.16. The fourth-order valence-corrected chi connectivity index (χ4v) is 7.85. The number of pyridine rings is 1. The molecule has 2 unspecified atom stereocenters. The Morgan fingerprint density at radius 1 is 0.732 bits per heavy atom. The van der Waals surface area contributed by atoms with E-state index in [1.165, 1.54) is 11.1 Å². The summed E-state index contributed by atoms with van der Waals surface area (Å²) in [5, 5.41) is 2.30. The van der Waals surface area contributed by atoms with Crippen molar-refractivity contribution in [2.24, 2.45) is 0 Å². The molecule has 0 N–H and O–H groups in total. The maximum atomic E-state index is 8.37. The van der Waals surface area contributed by atoms with Gasteiger partial charge in [-0.3, -0.25) is 9.47 Å². The summed E-state index contributed by atoms with van der Waals surface area (Å²) in [6, 6.07) is 37.3. The minimum Gasteiger partial charge on any atom is -0.457 e. The van der Waals surface area contributed by atoms with Crippen LogP contribution in [0.15, 0.2) is 115 Å². The number of hydrogen-bond donors (Lipinski definition) is 0. The summed E-state index contributed by atoms with van der Waals surface area (Å²) in [6.45, 7) is -1.79. The van der Waals surface area contributed by atoms with E-state index in [1.54, 1.807) is 4.90 Å². The monoisotopic (exact) mass is 537 g/mol. The number of para-hydroxylation sites is 1. The zero-order valence-corrected chi connectivity index (χ0v) is 22.4. The van der Waals surface area contributed by atoms with Crippen molar-refractivity contribution in [3.05, 3.63) is 127 Å². The highest BCUT2D eigenvalue weighted by molar-refractivity contribution is 6.09. The molecular weight excluding hydrogens is 504 g/mol. The maximum Gasteiger partial charge on any atom is 0.137 e. The Morgan fingerprint density at radius 2 is 1.51 bits per heavy atom. The lowest BCUT2D eigenvalue weighted by Crippen LogP contribution is -2.40. The summed E-state index contributed by atoms with van der Waals surface area (Å²) >= 11 is 0. The third-order valence-corrected chi connectivity index (χ3v) is 9.41. The predicted molar refractivity (Wildman–Crippen MR) is 164 cm³/mol. The Kier molecular flexibility index (Phi) is 4.30. The topological polar surface area (TPSA) is 33.5 Å². The summed E-state index contributed by atoms with van der Waals surface area (Å²) in [4.78, 5) is 8.69. The van der Waals surface area contributed by atoms with E-state index >= 15 is 0 Å². The molecule has 3 heterocycles. The molecule has 2 fully saturated rings. The lowest BCUT2D eigenvalue weighted by atomic mass is 9.84. The fourth-order valence-electron chi connectivity index (χ4n) is 7.85. The van der Waals surface area contributed by atoms with Crippen molar-refractivity contribution in [3.8, 4) is 17.3 Å². The highest BCUT2D eigenvalue weighted by atomic mass is 16.5. The molecule has 5 nitrogen and oxygen atoms in total. The second-order valence-corrected chi connectivity index (χ2v) is 11.5. The van der Waals surface area contributed by atoms with Crippen molar-refractivity contribution in [1.29, 1.82) is 0 Å². The van der Waals surface area contributed by atoms with Crippen molar-refractivity contribution in [1.82, 2.24) is 14.5 Å². The molecule has 6 aromatic rings. The second-order valence-electron chi connectivity index (χ2n) is 11.5. The summed E-state index contributed by atoms with van der Waals surface area (Å²) < 4.78 is 33.8. The number of fused-ring (bicyclic) bond motifs is 11. The van der Waals surface area contributed by atoms with Crippen LogP contribution < -0.4 is 9.64 Å². The molecule has 1 saturated carbocycles. The first-order valence-corrected chi connectivity index (χ1v) is 14.3. The van der Waals surface area contributed by atoms with Crippen LogP contribution in [-0.2, 0) is 0 Å². The molecule has 5 heteroatoms. The highest BCUT2D eigenvalue weighted by Crippen LogP contribution is 2.58. The van der Waals surface area contributed by atoms with E-state index < -0.39 is 6.98 Å². The highest BCUT2D eigenvalue weighted by Gasteiger charge is 2.57. The van der Waals surface area contributed by atoms with E-state index in [4.69, 9.17) is 8.85 Å². The van der Waals surface area contributed by atoms with Gasteiger partial charge < -0.3 is 9.64 Å². The SMILES string of the molecule is [2H]C([2H])([2H])N1CN(c2cccc(Oc3ccc4c5ccccc5n(-c5ccccn5)c4c3)c2)C2C1[C@H]1C[C@@H]2c2ccccc21. The Balaban J connectivity index is 1.08. The van der Waals surface area contributed by atoms with Gasteiger partial charge in [0, 0.05) is 56.8 Å². The molecule has 3 aliphatic rings. The Hall–Kier alpha value is -4.61. The van der Waals surface area contributed by atoms with Crippen molar-refractivity contribution >= 4 is 27.5 Å². The number of benzene rings is 4. The largest absolute Gasteiger partial charge is 0.457 e. The van der Waals surface area contributed by atoms with Gasteiger partial charge in [-0.05, 0) is 67.0 Å². The molecule has 0 amide bonds. The van der Waals surface area contributed by atoms with Gasteiger partial charge in [0.2, 0.25) is 0 Å². The molecular formula is C36H30N4O. The third-order valence-electron chi connectivity index (χ3n) is 9.41. The average Bonchev–Trinajstić information content (AvgIpc) is 3.79. The van der Waals surface area contributed by atoms with Crippen LogP contribution in [0.5, 0.6) is 11.5 Å². The van der Waals surface area contributed by atoms with Gasteiger partial charge in [-0.25, -0.2) is 4.98 Å². The molecule has 2 aliphatic carbocycles. The zero-order valence-electron chi connectivity index (χ0n) is 25.4. The van der Waals surface area contributed by atoms with Crippen LogP contribution in [0.25, 0.3) is 27.6 Å². The van der Waals surface area contributed by atoms with Crippen LogP contribution >= 0.6 is 0 Å². The summed E-state index contributed by atoms with van der Waals surface area (Å²) in [5.74, 6) is 2.85. The van der Waals surface area contributed by atoms with Crippen LogP contribution in [0, 0.1) is 0 Å². The van der Waals surface area contributed by atoms with Crippen LogP contribution in [0.2, 0.25) is 0 Å². The maximum absolute atomic E-state index is 8.37. The molecule has 2 aromatic heterocycles. The number of nitrogens with zero attached hydrogens (tertiary/aromatic N) is 4. The summed E-state index contributed by atoms with van der Waals surface area (Å²) in [6.07, 6.45) is 2.81. The number of rotatable bonds is 4. The zero-order chi connectivity index (χ0) is 29.6. The number of likely N-dealkylation sites (N-methyl/N-ethyl adjacent to an activating group) is 1. The minimum absolute atomic E-state index is 0.0390. The quantitative estimate of drug-likeness (QED) is 0.231. The number of aromatic nitrogens is 2. The van der Waals surface area contributed by atoms with Crippen LogP contribution in [-0.4, -0.2) is 40.2 Å². The van der Waals surface area contributed by atoms with Gasteiger partial charge in [-0.1, -0.05) is 54.6 Å². The van der Waals surface area contributed by atoms with Gasteiger partial charge in [0.25, 0.3) is 0 Å². The van der Waals surface area contributed by atoms with Crippen molar-refractivity contribution in [2.45, 2.75) is 30.3 Å². The Morgan fingerprint density at radius 3 is 2.37 bits per heavy atom. The van der Waals surface area contributed by atoms with Crippen LogP contribution in [0.4, 0.5) is 5.69 Å². The van der Waals surface area contributed by atoms with Gasteiger partial charge in [-0.15, -0.1) is 0 Å². The Labute approximate surface area is 243 Å². The van der Waals surface area contributed by atoms with Crippen LogP contribution in [0.1, 0.15) is 33.5 Å². The fraction of sp³-hybridized carbons (Fsp3) is 0.194. The second kappa shape index (κ2) is 8.69. The van der Waals surface area contributed by atoms with E-state index in [9.17, 15) is 0 Å². The van der Waals surface area contributed by atoms with E-state index in [0.717, 1.165) is 51.2 Å². The van der Waals surface area contributed by atoms with Gasteiger partial charge in [0.05, 0.1) is 23.7 Å². The molecule has 41 heavy (non-hydrogen) atoms. The van der Waals surface area contributed by atoms with Crippen molar-refractivity contribution in [3.63, 3.8) is 0 Å². The number of hydrogen-bond acceptors (Lipinski definition) is 4. The first-order valence-electron chi connectivity index (χ1n) is 15.8.